The third-order valence-electron chi connectivity index (χ3n) is 5.04. The highest BCUT2D eigenvalue weighted by Crippen LogP contribution is 2.35. The molecule has 12 heteroatoms. The minimum Gasteiger partial charge on any atom is -0.383 e. The molecule has 0 amide bonds. The Morgan fingerprint density at radius 3 is 2.69 bits per heavy atom. The Morgan fingerprint density at radius 2 is 1.93 bits per heavy atom. The lowest BCUT2D eigenvalue weighted by Gasteiger charge is -2.28. The van der Waals surface area contributed by atoms with E-state index in [2.05, 4.69) is 46.9 Å². The number of H-pyrrole nitrogens is 1. The maximum atomic E-state index is 11.8. The minimum absolute atomic E-state index is 0.0976. The van der Waals surface area contributed by atoms with E-state index in [0.717, 1.165) is 26.6 Å². The molecule has 0 spiro atoms. The molecule has 0 unspecified atom stereocenters. The van der Waals surface area contributed by atoms with Crippen LogP contribution < -0.4 is 10.6 Å². The topological polar surface area (TPSA) is 122 Å². The van der Waals surface area contributed by atoms with Gasteiger partial charge in [0.1, 0.15) is 21.8 Å². The molecule has 4 aromatic heterocycles. The van der Waals surface area contributed by atoms with Crippen molar-refractivity contribution in [3.8, 4) is 11.1 Å². The van der Waals surface area contributed by atoms with Crippen molar-refractivity contribution in [3.05, 3.63) is 33.6 Å². The lowest BCUT2D eigenvalue weighted by atomic mass is 10.1. The molecule has 0 aromatic carbocycles. The Kier molecular flexibility index (Phi) is 4.33. The Hall–Kier alpha value is -2.18. The zero-order valence-corrected chi connectivity index (χ0v) is 18.9. The van der Waals surface area contributed by atoms with Crippen LogP contribution in [0.5, 0.6) is 0 Å². The van der Waals surface area contributed by atoms with E-state index < -0.39 is 9.84 Å². The van der Waals surface area contributed by atoms with Crippen molar-refractivity contribution >= 4 is 70.0 Å². The summed E-state index contributed by atoms with van der Waals surface area (Å²) in [7, 11) is -3.00. The van der Waals surface area contributed by atoms with Gasteiger partial charge < -0.3 is 15.6 Å². The highest BCUT2D eigenvalue weighted by Gasteiger charge is 2.26. The van der Waals surface area contributed by atoms with Crippen LogP contribution in [0, 0.1) is 0 Å². The molecule has 1 aliphatic heterocycles. The van der Waals surface area contributed by atoms with Crippen molar-refractivity contribution < 1.29 is 8.42 Å². The predicted octanol–water partition coefficient (Wildman–Crippen LogP) is 2.61. The summed E-state index contributed by atoms with van der Waals surface area (Å²) in [5.41, 5.74) is 9.32. The van der Waals surface area contributed by atoms with Gasteiger partial charge in [-0.3, -0.25) is 0 Å². The average molecular weight is 541 g/mol. The number of anilines is 2. The van der Waals surface area contributed by atoms with Gasteiger partial charge >= 0.3 is 0 Å². The molecular weight excluding hydrogens is 526 g/mol. The highest BCUT2D eigenvalue weighted by molar-refractivity contribution is 9.11. The molecular formula is C17H15Br2N7O2S. The van der Waals surface area contributed by atoms with Gasteiger partial charge in [-0.2, -0.15) is 9.61 Å². The normalized spacial score (nSPS) is 16.7. The first-order valence-corrected chi connectivity index (χ1v) is 12.2. The Bertz CT molecular complexity index is 1370. The van der Waals surface area contributed by atoms with Crippen LogP contribution in [0.2, 0.25) is 0 Å². The second-order valence-electron chi connectivity index (χ2n) is 6.82. The van der Waals surface area contributed by atoms with Crippen molar-refractivity contribution in [2.75, 3.05) is 35.2 Å². The maximum absolute atomic E-state index is 11.8. The van der Waals surface area contributed by atoms with Crippen LogP contribution in [0.4, 0.5) is 11.6 Å². The second kappa shape index (κ2) is 6.67. The van der Waals surface area contributed by atoms with Crippen LogP contribution in [0.25, 0.3) is 27.8 Å². The molecule has 0 atom stereocenters. The molecule has 1 aliphatic rings. The van der Waals surface area contributed by atoms with E-state index in [0.29, 0.717) is 34.8 Å². The van der Waals surface area contributed by atoms with Crippen molar-refractivity contribution in [2.45, 2.75) is 0 Å². The summed E-state index contributed by atoms with van der Waals surface area (Å²) in [5, 5.41) is 5.34. The fourth-order valence-electron chi connectivity index (χ4n) is 3.44. The van der Waals surface area contributed by atoms with E-state index in [1.165, 1.54) is 0 Å². The first-order chi connectivity index (χ1) is 13.8. The van der Waals surface area contributed by atoms with Gasteiger partial charge in [0.2, 0.25) is 0 Å². The quantitative estimate of drug-likeness (QED) is 0.400. The van der Waals surface area contributed by atoms with Crippen molar-refractivity contribution in [1.82, 2.24) is 24.6 Å². The molecule has 1 fully saturated rings. The first-order valence-electron chi connectivity index (χ1n) is 8.75. The van der Waals surface area contributed by atoms with E-state index in [1.54, 1.807) is 16.9 Å². The van der Waals surface area contributed by atoms with E-state index in [1.807, 2.05) is 17.2 Å². The number of aromatic nitrogens is 5. The third kappa shape index (κ3) is 3.09. The van der Waals surface area contributed by atoms with E-state index in [9.17, 15) is 8.42 Å². The largest absolute Gasteiger partial charge is 0.383 e. The van der Waals surface area contributed by atoms with E-state index in [4.69, 9.17) is 10.7 Å². The number of nitrogens with two attached hydrogens (primary N) is 1. The molecule has 0 saturated carbocycles. The first kappa shape index (κ1) is 18.8. The van der Waals surface area contributed by atoms with E-state index in [-0.39, 0.29) is 11.5 Å². The van der Waals surface area contributed by atoms with Gasteiger partial charge in [0.25, 0.3) is 0 Å². The lowest BCUT2D eigenvalue weighted by Crippen LogP contribution is -2.41. The molecule has 1 saturated heterocycles. The summed E-state index contributed by atoms with van der Waals surface area (Å²) in [6.45, 7) is 0.744. The molecule has 5 rings (SSSR count). The number of fused-ring (bicyclic) bond motifs is 2. The van der Waals surface area contributed by atoms with Crippen LogP contribution >= 0.6 is 31.9 Å². The molecule has 0 aliphatic carbocycles. The van der Waals surface area contributed by atoms with Gasteiger partial charge in [-0.25, -0.2) is 18.4 Å². The van der Waals surface area contributed by atoms with Crippen molar-refractivity contribution in [3.63, 3.8) is 0 Å². The predicted molar refractivity (Wildman–Crippen MR) is 119 cm³/mol. The Labute approximate surface area is 182 Å². The summed E-state index contributed by atoms with van der Waals surface area (Å²) in [5.74, 6) is 1.21. The van der Waals surface area contributed by atoms with Gasteiger partial charge in [-0.15, -0.1) is 0 Å². The lowest BCUT2D eigenvalue weighted by molar-refractivity contribution is 0.586. The van der Waals surface area contributed by atoms with E-state index >= 15 is 0 Å². The number of nitrogens with one attached hydrogen (secondary N) is 1. The molecule has 5 heterocycles. The number of hydrogen-bond acceptors (Lipinski definition) is 7. The van der Waals surface area contributed by atoms with Crippen LogP contribution in [-0.4, -0.2) is 57.6 Å². The number of sulfone groups is 1. The number of hydrogen-bond donors (Lipinski definition) is 2. The van der Waals surface area contributed by atoms with Gasteiger partial charge in [-0.05, 0) is 37.9 Å². The smallest absolute Gasteiger partial charge is 0.167 e. The minimum atomic E-state index is -3.00. The summed E-state index contributed by atoms with van der Waals surface area (Å²) in [6, 6.07) is 2.01. The van der Waals surface area contributed by atoms with Gasteiger partial charge in [0, 0.05) is 46.5 Å². The van der Waals surface area contributed by atoms with Gasteiger partial charge in [-0.1, -0.05) is 0 Å². The summed E-state index contributed by atoms with van der Waals surface area (Å²) in [4.78, 5) is 14.3. The number of halogens is 2. The SMILES string of the molecule is Nc1c(Br)c(N2CCS(=O)(=O)CC2)nc2c(-c3cnc4[nH]cc(Br)c4c3)cnn12. The zero-order chi connectivity index (χ0) is 20.3. The monoisotopic (exact) mass is 539 g/mol. The summed E-state index contributed by atoms with van der Waals surface area (Å²) in [6.07, 6.45) is 5.31. The fraction of sp³-hybridized carbons (Fsp3) is 0.235. The Morgan fingerprint density at radius 1 is 1.17 bits per heavy atom. The fourth-order valence-corrected chi connectivity index (χ4v) is 5.56. The van der Waals surface area contributed by atoms with Gasteiger partial charge in [0.15, 0.2) is 15.5 Å². The van der Waals surface area contributed by atoms with Crippen LogP contribution in [0.3, 0.4) is 0 Å². The van der Waals surface area contributed by atoms with Crippen molar-refractivity contribution in [2.24, 2.45) is 0 Å². The third-order valence-corrected chi connectivity index (χ3v) is 8.07. The molecule has 0 bridgehead atoms. The Balaban J connectivity index is 1.66. The molecule has 9 nitrogen and oxygen atoms in total. The average Bonchev–Trinajstić information content (AvgIpc) is 3.28. The number of pyridine rings is 1. The molecule has 3 N–H and O–H groups in total. The number of aromatic amines is 1. The zero-order valence-electron chi connectivity index (χ0n) is 14.9. The maximum Gasteiger partial charge on any atom is 0.167 e. The molecule has 29 heavy (non-hydrogen) atoms. The van der Waals surface area contributed by atoms with Gasteiger partial charge in [0.05, 0.1) is 17.7 Å². The van der Waals surface area contributed by atoms with Crippen molar-refractivity contribution in [1.29, 1.82) is 0 Å². The molecule has 0 radical (unpaired) electrons. The van der Waals surface area contributed by atoms with Crippen LogP contribution in [0.1, 0.15) is 0 Å². The van der Waals surface area contributed by atoms with Crippen LogP contribution in [-0.2, 0) is 9.84 Å². The molecule has 4 aromatic rings. The highest BCUT2D eigenvalue weighted by atomic mass is 79.9. The number of rotatable bonds is 2. The second-order valence-corrected chi connectivity index (χ2v) is 10.8. The number of nitrogen functional groups attached to an aromatic ring is 1. The standard InChI is InChI=1S/C17H15Br2N7O2S/c18-12-8-22-15-10(12)5-9(6-21-15)11-7-23-26-14(20)13(19)17(24-16(11)26)25-1-3-29(27,28)4-2-25/h5-8H,1-4,20H2,(H,21,22). The summed E-state index contributed by atoms with van der Waals surface area (Å²) < 4.78 is 26.7. The molecule has 150 valence electrons. The number of nitrogens with zero attached hydrogens (tertiary/aromatic N) is 5. The summed E-state index contributed by atoms with van der Waals surface area (Å²) >= 11 is 7.02. The van der Waals surface area contributed by atoms with Crippen LogP contribution in [0.15, 0.2) is 33.6 Å².